The molecule has 1 saturated heterocycles. The fraction of sp³-hybridized carbons (Fsp3) is 0.280. The van der Waals surface area contributed by atoms with E-state index < -0.39 is 0 Å². The van der Waals surface area contributed by atoms with E-state index in [1.54, 1.807) is 12.1 Å². The summed E-state index contributed by atoms with van der Waals surface area (Å²) in [5.74, 6) is -0.331. The van der Waals surface area contributed by atoms with E-state index in [1.807, 2.05) is 53.4 Å². The molecule has 5 nitrogen and oxygen atoms in total. The molecule has 1 fully saturated rings. The molecule has 0 bridgehead atoms. The summed E-state index contributed by atoms with van der Waals surface area (Å²) < 4.78 is 0.930. The third kappa shape index (κ3) is 4.75. The molecule has 1 heterocycles. The molecule has 1 atom stereocenters. The average Bonchev–Trinajstić information content (AvgIpc) is 2.80. The highest BCUT2D eigenvalue weighted by molar-refractivity contribution is 14.1. The maximum Gasteiger partial charge on any atom is 0.256 e. The van der Waals surface area contributed by atoms with Gasteiger partial charge in [-0.1, -0.05) is 36.4 Å². The Morgan fingerprint density at radius 2 is 1.84 bits per heavy atom. The Kier molecular flexibility index (Phi) is 6.87. The molecule has 6 heteroatoms. The number of benzene rings is 3. The van der Waals surface area contributed by atoms with Crippen LogP contribution in [0.4, 0.5) is 5.69 Å². The molecule has 0 saturated carbocycles. The van der Waals surface area contributed by atoms with Gasteiger partial charge in [0.05, 0.1) is 11.3 Å². The van der Waals surface area contributed by atoms with Crippen LogP contribution < -0.4 is 5.32 Å². The third-order valence-electron chi connectivity index (χ3n) is 5.84. The summed E-state index contributed by atoms with van der Waals surface area (Å²) in [6.07, 6.45) is 3.49. The van der Waals surface area contributed by atoms with E-state index in [4.69, 9.17) is 0 Å². The minimum absolute atomic E-state index is 0.0331. The van der Waals surface area contributed by atoms with Crippen molar-refractivity contribution < 1.29 is 14.7 Å². The number of aliphatic hydroxyl groups excluding tert-OH is 1. The first kappa shape index (κ1) is 21.8. The maximum atomic E-state index is 13.5. The first-order chi connectivity index (χ1) is 15.1. The molecule has 31 heavy (non-hydrogen) atoms. The van der Waals surface area contributed by atoms with Crippen LogP contribution in [-0.4, -0.2) is 41.0 Å². The van der Waals surface area contributed by atoms with Crippen molar-refractivity contribution in [3.05, 3.63) is 75.4 Å². The number of nitrogens with zero attached hydrogens (tertiary/aromatic N) is 1. The van der Waals surface area contributed by atoms with Gasteiger partial charge in [-0.2, -0.15) is 0 Å². The number of piperidine rings is 1. The number of fused-ring (bicyclic) bond motifs is 1. The van der Waals surface area contributed by atoms with E-state index in [2.05, 4.69) is 27.9 Å². The average molecular weight is 528 g/mol. The van der Waals surface area contributed by atoms with Crippen molar-refractivity contribution >= 4 is 50.9 Å². The summed E-state index contributed by atoms with van der Waals surface area (Å²) in [7, 11) is 0. The van der Waals surface area contributed by atoms with Crippen molar-refractivity contribution in [3.63, 3.8) is 0 Å². The summed E-state index contributed by atoms with van der Waals surface area (Å²) in [4.78, 5) is 28.5. The second-order valence-electron chi connectivity index (χ2n) is 7.83. The second-order valence-corrected chi connectivity index (χ2v) is 9.08. The Balaban J connectivity index is 1.65. The quantitative estimate of drug-likeness (QED) is 0.455. The highest BCUT2D eigenvalue weighted by Gasteiger charge is 2.29. The summed E-state index contributed by atoms with van der Waals surface area (Å²) >= 11 is 2.18. The van der Waals surface area contributed by atoms with Crippen LogP contribution in [0.25, 0.3) is 10.8 Å². The monoisotopic (exact) mass is 528 g/mol. The largest absolute Gasteiger partial charge is 0.396 e. The highest BCUT2D eigenvalue weighted by atomic mass is 127. The van der Waals surface area contributed by atoms with E-state index in [9.17, 15) is 14.7 Å². The molecule has 0 unspecified atom stereocenters. The number of rotatable bonds is 5. The molecule has 0 aromatic heterocycles. The molecule has 0 aliphatic carbocycles. The van der Waals surface area contributed by atoms with Gasteiger partial charge in [0.1, 0.15) is 0 Å². The zero-order valence-electron chi connectivity index (χ0n) is 17.2. The lowest BCUT2D eigenvalue weighted by Gasteiger charge is -2.36. The highest BCUT2D eigenvalue weighted by Crippen LogP contribution is 2.27. The molecule has 0 radical (unpaired) electrons. The van der Waals surface area contributed by atoms with E-state index in [1.165, 1.54) is 0 Å². The smallest absolute Gasteiger partial charge is 0.256 e. The molecule has 1 aliphatic heterocycles. The van der Waals surface area contributed by atoms with E-state index in [-0.39, 0.29) is 24.5 Å². The summed E-state index contributed by atoms with van der Waals surface area (Å²) in [6, 6.07) is 18.9. The Bertz CT molecular complexity index is 1110. The number of nitrogens with one attached hydrogen (secondary N) is 1. The van der Waals surface area contributed by atoms with Crippen LogP contribution >= 0.6 is 22.6 Å². The topological polar surface area (TPSA) is 69.6 Å². The summed E-state index contributed by atoms with van der Waals surface area (Å²) in [6.45, 7) is 0.733. The molecule has 3 aromatic carbocycles. The van der Waals surface area contributed by atoms with E-state index in [0.717, 1.165) is 33.6 Å². The lowest BCUT2D eigenvalue weighted by Crippen LogP contribution is -2.44. The molecule has 2 N–H and O–H groups in total. The Morgan fingerprint density at radius 3 is 2.68 bits per heavy atom. The predicted molar refractivity (Wildman–Crippen MR) is 131 cm³/mol. The van der Waals surface area contributed by atoms with Crippen molar-refractivity contribution in [1.29, 1.82) is 0 Å². The van der Waals surface area contributed by atoms with Gasteiger partial charge in [0.25, 0.3) is 11.8 Å². The zero-order valence-corrected chi connectivity index (χ0v) is 19.3. The molecule has 3 aromatic rings. The number of likely N-dealkylation sites (tertiary alicyclic amines) is 1. The number of amides is 2. The van der Waals surface area contributed by atoms with Gasteiger partial charge in [-0.05, 0) is 83.3 Å². The molecule has 0 spiro atoms. The number of aliphatic hydroxyl groups is 1. The van der Waals surface area contributed by atoms with Gasteiger partial charge in [-0.25, -0.2) is 0 Å². The number of hydrogen-bond acceptors (Lipinski definition) is 3. The standard InChI is InChI=1S/C25H25IN2O3/c26-18-11-12-23(22(16-18)25(31)28-14-4-3-8-19(28)13-15-29)27-24(30)21-10-5-7-17-6-1-2-9-20(17)21/h1-2,5-7,9-12,16,19,29H,3-4,8,13-15H2,(H,27,30)/t19-/m0/s1. The fourth-order valence-corrected chi connectivity index (χ4v) is 4.78. The lowest BCUT2D eigenvalue weighted by atomic mass is 9.98. The maximum absolute atomic E-state index is 13.5. The van der Waals surface area contributed by atoms with Crippen LogP contribution in [0.3, 0.4) is 0 Å². The first-order valence-electron chi connectivity index (χ1n) is 10.6. The van der Waals surface area contributed by atoms with Gasteiger partial charge in [0.2, 0.25) is 0 Å². The third-order valence-corrected chi connectivity index (χ3v) is 6.52. The van der Waals surface area contributed by atoms with E-state index in [0.29, 0.717) is 29.8 Å². The minimum atomic E-state index is -0.238. The first-order valence-corrected chi connectivity index (χ1v) is 11.7. The normalized spacial score (nSPS) is 16.3. The molecule has 4 rings (SSSR count). The lowest BCUT2D eigenvalue weighted by molar-refractivity contribution is 0.0575. The van der Waals surface area contributed by atoms with Gasteiger partial charge in [-0.3, -0.25) is 9.59 Å². The zero-order chi connectivity index (χ0) is 21.8. The van der Waals surface area contributed by atoms with Gasteiger partial charge in [0, 0.05) is 28.3 Å². The molecule has 1 aliphatic rings. The van der Waals surface area contributed by atoms with Crippen LogP contribution in [0.1, 0.15) is 46.4 Å². The number of carbonyl (C=O) groups is 2. The number of halogens is 1. The molecular formula is C25H25IN2O3. The Labute approximate surface area is 195 Å². The van der Waals surface area contributed by atoms with Crippen LogP contribution in [0, 0.1) is 3.57 Å². The fourth-order valence-electron chi connectivity index (χ4n) is 4.29. The SMILES string of the molecule is O=C(Nc1ccc(I)cc1C(=O)N1CCCC[C@H]1CCO)c1cccc2ccccc12. The number of anilines is 1. The van der Waals surface area contributed by atoms with Crippen molar-refractivity contribution in [2.24, 2.45) is 0 Å². The van der Waals surface area contributed by atoms with Crippen LogP contribution in [0.2, 0.25) is 0 Å². The van der Waals surface area contributed by atoms with Crippen LogP contribution in [0.5, 0.6) is 0 Å². The second kappa shape index (κ2) is 9.78. The number of hydrogen-bond donors (Lipinski definition) is 2. The Morgan fingerprint density at radius 1 is 1.03 bits per heavy atom. The predicted octanol–water partition coefficient (Wildman–Crippen LogP) is 5.07. The summed E-state index contributed by atoms with van der Waals surface area (Å²) in [5, 5.41) is 14.3. The van der Waals surface area contributed by atoms with Gasteiger partial charge < -0.3 is 15.3 Å². The van der Waals surface area contributed by atoms with Crippen molar-refractivity contribution in [2.75, 3.05) is 18.5 Å². The van der Waals surface area contributed by atoms with Crippen molar-refractivity contribution in [3.8, 4) is 0 Å². The Hall–Kier alpha value is -2.45. The van der Waals surface area contributed by atoms with Gasteiger partial charge >= 0.3 is 0 Å². The van der Waals surface area contributed by atoms with Crippen LogP contribution in [0.15, 0.2) is 60.7 Å². The van der Waals surface area contributed by atoms with Gasteiger partial charge in [0.15, 0.2) is 0 Å². The molecular weight excluding hydrogens is 503 g/mol. The summed E-state index contributed by atoms with van der Waals surface area (Å²) in [5.41, 5.74) is 1.58. The minimum Gasteiger partial charge on any atom is -0.396 e. The van der Waals surface area contributed by atoms with Gasteiger partial charge in [-0.15, -0.1) is 0 Å². The van der Waals surface area contributed by atoms with Crippen molar-refractivity contribution in [1.82, 2.24) is 4.90 Å². The van der Waals surface area contributed by atoms with E-state index >= 15 is 0 Å². The number of carbonyl (C=O) groups excluding carboxylic acids is 2. The van der Waals surface area contributed by atoms with Crippen molar-refractivity contribution in [2.45, 2.75) is 31.7 Å². The molecule has 2 amide bonds. The molecule has 160 valence electrons. The van der Waals surface area contributed by atoms with Crippen LogP contribution in [-0.2, 0) is 0 Å².